The minimum atomic E-state index is -2.88. The van der Waals surface area contributed by atoms with Crippen LogP contribution in [-0.4, -0.2) is 16.6 Å². The van der Waals surface area contributed by atoms with E-state index in [2.05, 4.69) is 14.7 Å². The summed E-state index contributed by atoms with van der Waals surface area (Å²) in [5.41, 5.74) is 6.75. The highest BCUT2D eigenvalue weighted by atomic mass is 19.3. The molecule has 0 aliphatic rings. The molecule has 3 N–H and O–H groups in total. The van der Waals surface area contributed by atoms with Gasteiger partial charge in [-0.15, -0.1) is 0 Å². The number of nitrogens with zero attached hydrogens (tertiary/aromatic N) is 1. The first-order chi connectivity index (χ1) is 6.66. The molecule has 4 nitrogen and oxygen atoms in total. The molecule has 1 aromatic heterocycles. The standard InChI is InChI=1S/C8H7F2N3O/c9-8(10)14-6-2-4(11)1-5-7(6)13-3-12-5/h1-3,8H,11H2,(H,12,13). The van der Waals surface area contributed by atoms with E-state index in [0.29, 0.717) is 16.7 Å². The van der Waals surface area contributed by atoms with Crippen molar-refractivity contribution >= 4 is 16.7 Å². The molecular weight excluding hydrogens is 192 g/mol. The van der Waals surface area contributed by atoms with Gasteiger partial charge in [-0.2, -0.15) is 8.78 Å². The van der Waals surface area contributed by atoms with Crippen molar-refractivity contribution in [3.05, 3.63) is 18.5 Å². The van der Waals surface area contributed by atoms with Crippen molar-refractivity contribution in [2.75, 3.05) is 5.73 Å². The third-order valence-corrected chi connectivity index (χ3v) is 1.73. The molecule has 0 spiro atoms. The molecule has 14 heavy (non-hydrogen) atoms. The fraction of sp³-hybridized carbons (Fsp3) is 0.125. The minimum Gasteiger partial charge on any atom is -0.432 e. The highest BCUT2D eigenvalue weighted by molar-refractivity contribution is 5.84. The van der Waals surface area contributed by atoms with Crippen LogP contribution in [0.1, 0.15) is 0 Å². The molecule has 0 radical (unpaired) electrons. The van der Waals surface area contributed by atoms with Gasteiger partial charge in [0.05, 0.1) is 11.8 Å². The number of rotatable bonds is 2. The number of halogens is 2. The monoisotopic (exact) mass is 199 g/mol. The molecule has 1 aromatic carbocycles. The summed E-state index contributed by atoms with van der Waals surface area (Å²) in [6.45, 7) is -2.88. The number of anilines is 1. The van der Waals surface area contributed by atoms with E-state index in [1.165, 1.54) is 12.4 Å². The Morgan fingerprint density at radius 3 is 2.93 bits per heavy atom. The van der Waals surface area contributed by atoms with E-state index in [-0.39, 0.29) is 5.75 Å². The number of nitrogens with one attached hydrogen (secondary N) is 1. The number of aromatic amines is 1. The quantitative estimate of drug-likeness (QED) is 0.724. The fourth-order valence-electron chi connectivity index (χ4n) is 1.22. The Kier molecular flexibility index (Phi) is 1.95. The number of nitrogen functional groups attached to an aromatic ring is 1. The third-order valence-electron chi connectivity index (χ3n) is 1.73. The summed E-state index contributed by atoms with van der Waals surface area (Å²) in [6.07, 6.45) is 1.39. The summed E-state index contributed by atoms with van der Waals surface area (Å²) in [5.74, 6) is -0.0174. The predicted molar refractivity (Wildman–Crippen MR) is 47.1 cm³/mol. The molecule has 0 aliphatic carbocycles. The molecule has 2 rings (SSSR count). The number of hydrogen-bond donors (Lipinski definition) is 2. The predicted octanol–water partition coefficient (Wildman–Crippen LogP) is 1.75. The zero-order chi connectivity index (χ0) is 10.1. The van der Waals surface area contributed by atoms with Crippen LogP contribution in [0.5, 0.6) is 5.75 Å². The lowest BCUT2D eigenvalue weighted by atomic mass is 10.2. The largest absolute Gasteiger partial charge is 0.432 e. The van der Waals surface area contributed by atoms with E-state index in [9.17, 15) is 8.78 Å². The Labute approximate surface area is 77.7 Å². The molecule has 0 unspecified atom stereocenters. The number of nitrogens with two attached hydrogens (primary N) is 1. The van der Waals surface area contributed by atoms with Crippen LogP contribution < -0.4 is 10.5 Å². The number of hydrogen-bond acceptors (Lipinski definition) is 3. The SMILES string of the molecule is Nc1cc(OC(F)F)c2nc[nH]c2c1. The third kappa shape index (κ3) is 1.46. The Hall–Kier alpha value is -1.85. The van der Waals surface area contributed by atoms with Gasteiger partial charge in [0, 0.05) is 11.8 Å². The van der Waals surface area contributed by atoms with Gasteiger partial charge in [0.15, 0.2) is 5.75 Å². The number of alkyl halides is 2. The number of benzene rings is 1. The zero-order valence-electron chi connectivity index (χ0n) is 7.00. The molecule has 0 atom stereocenters. The number of imidazole rings is 1. The van der Waals surface area contributed by atoms with E-state index >= 15 is 0 Å². The molecule has 1 heterocycles. The van der Waals surface area contributed by atoms with Crippen LogP contribution in [0.4, 0.5) is 14.5 Å². The van der Waals surface area contributed by atoms with Crippen LogP contribution in [0.15, 0.2) is 18.5 Å². The Morgan fingerprint density at radius 2 is 2.21 bits per heavy atom. The summed E-state index contributed by atoms with van der Waals surface area (Å²) >= 11 is 0. The van der Waals surface area contributed by atoms with E-state index in [1.54, 1.807) is 6.07 Å². The lowest BCUT2D eigenvalue weighted by Crippen LogP contribution is -2.03. The Balaban J connectivity index is 2.55. The zero-order valence-corrected chi connectivity index (χ0v) is 7.00. The highest BCUT2D eigenvalue weighted by Gasteiger charge is 2.10. The molecule has 0 amide bonds. The molecule has 0 saturated heterocycles. The van der Waals surface area contributed by atoms with Gasteiger partial charge in [0.2, 0.25) is 0 Å². The maximum Gasteiger partial charge on any atom is 0.387 e. The van der Waals surface area contributed by atoms with Crippen molar-refractivity contribution in [1.82, 2.24) is 9.97 Å². The van der Waals surface area contributed by atoms with Crippen molar-refractivity contribution in [2.24, 2.45) is 0 Å². The number of ether oxygens (including phenoxy) is 1. The van der Waals surface area contributed by atoms with E-state index in [4.69, 9.17) is 5.73 Å². The second kappa shape index (κ2) is 3.13. The van der Waals surface area contributed by atoms with Gasteiger partial charge in [0.25, 0.3) is 0 Å². The number of fused-ring (bicyclic) bond motifs is 1. The summed E-state index contributed by atoms with van der Waals surface area (Å²) in [4.78, 5) is 6.60. The molecule has 74 valence electrons. The molecule has 0 saturated carbocycles. The maximum absolute atomic E-state index is 12.0. The van der Waals surface area contributed by atoms with Crippen molar-refractivity contribution < 1.29 is 13.5 Å². The average molecular weight is 199 g/mol. The highest BCUT2D eigenvalue weighted by Crippen LogP contribution is 2.27. The average Bonchev–Trinajstić information content (AvgIpc) is 2.50. The normalized spacial score (nSPS) is 11.1. The summed E-state index contributed by atoms with van der Waals surface area (Å²) in [5, 5.41) is 0. The molecule has 0 fully saturated rings. The van der Waals surface area contributed by atoms with Gasteiger partial charge in [-0.05, 0) is 6.07 Å². The van der Waals surface area contributed by atoms with Crippen LogP contribution in [-0.2, 0) is 0 Å². The van der Waals surface area contributed by atoms with Gasteiger partial charge in [-0.1, -0.05) is 0 Å². The first-order valence-electron chi connectivity index (χ1n) is 3.84. The lowest BCUT2D eigenvalue weighted by Gasteiger charge is -2.05. The first kappa shape index (κ1) is 8.74. The number of aromatic nitrogens is 2. The van der Waals surface area contributed by atoms with Crippen molar-refractivity contribution in [3.8, 4) is 5.75 Å². The smallest absolute Gasteiger partial charge is 0.387 e. The summed E-state index contributed by atoms with van der Waals surface area (Å²) in [7, 11) is 0. The van der Waals surface area contributed by atoms with E-state index in [0.717, 1.165) is 0 Å². The molecule has 0 bridgehead atoms. The summed E-state index contributed by atoms with van der Waals surface area (Å²) in [6, 6.07) is 2.91. The van der Waals surface area contributed by atoms with Crippen LogP contribution in [0, 0.1) is 0 Å². The molecule has 2 aromatic rings. The van der Waals surface area contributed by atoms with Crippen LogP contribution in [0.2, 0.25) is 0 Å². The Bertz CT molecular complexity index is 455. The molecule has 0 aliphatic heterocycles. The minimum absolute atomic E-state index is 0.0174. The van der Waals surface area contributed by atoms with E-state index < -0.39 is 6.61 Å². The van der Waals surface area contributed by atoms with Crippen molar-refractivity contribution in [1.29, 1.82) is 0 Å². The van der Waals surface area contributed by atoms with Gasteiger partial charge in [-0.25, -0.2) is 4.98 Å². The first-order valence-corrected chi connectivity index (χ1v) is 3.84. The molecular formula is C8H7F2N3O. The Morgan fingerprint density at radius 1 is 1.43 bits per heavy atom. The van der Waals surface area contributed by atoms with Crippen LogP contribution >= 0.6 is 0 Å². The topological polar surface area (TPSA) is 63.9 Å². The van der Waals surface area contributed by atoms with Crippen LogP contribution in [0.25, 0.3) is 11.0 Å². The van der Waals surface area contributed by atoms with Gasteiger partial charge >= 0.3 is 6.61 Å². The van der Waals surface area contributed by atoms with Gasteiger partial charge in [0.1, 0.15) is 5.52 Å². The van der Waals surface area contributed by atoms with Crippen molar-refractivity contribution in [3.63, 3.8) is 0 Å². The summed E-state index contributed by atoms with van der Waals surface area (Å²) < 4.78 is 28.2. The van der Waals surface area contributed by atoms with Gasteiger partial charge in [-0.3, -0.25) is 0 Å². The second-order valence-electron chi connectivity index (χ2n) is 2.70. The van der Waals surface area contributed by atoms with Crippen LogP contribution in [0.3, 0.4) is 0 Å². The van der Waals surface area contributed by atoms with E-state index in [1.807, 2.05) is 0 Å². The maximum atomic E-state index is 12.0. The second-order valence-corrected chi connectivity index (χ2v) is 2.70. The van der Waals surface area contributed by atoms with Gasteiger partial charge < -0.3 is 15.5 Å². The fourth-order valence-corrected chi connectivity index (χ4v) is 1.22. The molecule has 6 heteroatoms. The lowest BCUT2D eigenvalue weighted by molar-refractivity contribution is -0.0488. The van der Waals surface area contributed by atoms with Crippen molar-refractivity contribution in [2.45, 2.75) is 6.61 Å². The number of H-pyrrole nitrogens is 1.